The number of allylic oxidation sites excluding steroid dienone is 2. The third-order valence-corrected chi connectivity index (χ3v) is 6.50. The highest BCUT2D eigenvalue weighted by atomic mass is 19.1. The maximum atomic E-state index is 13.7. The lowest BCUT2D eigenvalue weighted by Gasteiger charge is -2.18. The van der Waals surface area contributed by atoms with Gasteiger partial charge in [-0.3, -0.25) is 9.59 Å². The standard InChI is InChI=1S/C15H16F2N4O.C15H17FN4O/c1-20(2)9-11(17)15(22)12-3-4-14(13(7-18)19-12)21-6-5-10(16)8-21;1-19(2)7-6-15(21)12-3-4-14(13(9-17)18-12)20-8-5-11(16)10-20/h3-4,9-10H,5-6,8H2,1-2H3;3-4,6-7,11H,5,8,10H2,1-2H3/b11-9-;7-6+/t10-;11-/m00/s1. The first-order valence-electron chi connectivity index (χ1n) is 13.5. The fraction of sp³-hybridized carbons (Fsp3) is 0.400. The number of alkyl halides is 2. The van der Waals surface area contributed by atoms with Crippen molar-refractivity contribution in [1.29, 1.82) is 10.5 Å². The zero-order valence-corrected chi connectivity index (χ0v) is 24.5. The number of aromatic nitrogens is 2. The lowest BCUT2D eigenvalue weighted by atomic mass is 10.2. The summed E-state index contributed by atoms with van der Waals surface area (Å²) in [5.74, 6) is -2.11. The highest BCUT2D eigenvalue weighted by molar-refractivity contribution is 6.06. The Morgan fingerprint density at radius 1 is 0.860 bits per heavy atom. The van der Waals surface area contributed by atoms with E-state index in [1.807, 2.05) is 26.2 Å². The van der Waals surface area contributed by atoms with Crippen LogP contribution in [0.2, 0.25) is 0 Å². The number of hydrogen-bond acceptors (Lipinski definition) is 10. The van der Waals surface area contributed by atoms with E-state index < -0.39 is 24.0 Å². The molecule has 4 rings (SSSR count). The van der Waals surface area contributed by atoms with Crippen molar-refractivity contribution >= 4 is 22.9 Å². The molecule has 2 atom stereocenters. The van der Waals surface area contributed by atoms with E-state index >= 15 is 0 Å². The zero-order chi connectivity index (χ0) is 31.7. The minimum atomic E-state index is -0.959. The van der Waals surface area contributed by atoms with Crippen molar-refractivity contribution < 1.29 is 22.8 Å². The highest BCUT2D eigenvalue weighted by Crippen LogP contribution is 2.26. The molecule has 226 valence electrons. The van der Waals surface area contributed by atoms with Crippen molar-refractivity contribution in [3.8, 4) is 12.1 Å². The van der Waals surface area contributed by atoms with E-state index in [0.717, 1.165) is 6.20 Å². The summed E-state index contributed by atoms with van der Waals surface area (Å²) in [5, 5.41) is 18.4. The summed E-state index contributed by atoms with van der Waals surface area (Å²) < 4.78 is 40.2. The Bertz CT molecular complexity index is 1480. The van der Waals surface area contributed by atoms with Gasteiger partial charge >= 0.3 is 0 Å². The van der Waals surface area contributed by atoms with Crippen molar-refractivity contribution in [1.82, 2.24) is 19.8 Å². The highest BCUT2D eigenvalue weighted by Gasteiger charge is 2.26. The van der Waals surface area contributed by atoms with Gasteiger partial charge in [0.15, 0.2) is 17.2 Å². The van der Waals surface area contributed by atoms with Crippen LogP contribution in [0, 0.1) is 22.7 Å². The van der Waals surface area contributed by atoms with Gasteiger partial charge in [0.05, 0.1) is 11.4 Å². The van der Waals surface area contributed by atoms with Gasteiger partial charge in [-0.15, -0.1) is 0 Å². The van der Waals surface area contributed by atoms with Crippen LogP contribution in [-0.2, 0) is 0 Å². The SMILES string of the molecule is CN(C)/C=C(\F)C(=O)c1ccc(N2CC[C@H](F)C2)c(C#N)n1.CN(C)/C=C/C(=O)c1ccc(N2CC[C@H](F)C2)c(C#N)n1. The first-order valence-corrected chi connectivity index (χ1v) is 13.5. The van der Waals surface area contributed by atoms with Gasteiger partial charge in [0.25, 0.3) is 0 Å². The fourth-order valence-corrected chi connectivity index (χ4v) is 4.42. The molecule has 13 heteroatoms. The van der Waals surface area contributed by atoms with E-state index in [1.165, 1.54) is 23.1 Å². The van der Waals surface area contributed by atoms with Crippen LogP contribution >= 0.6 is 0 Å². The van der Waals surface area contributed by atoms with Gasteiger partial charge in [-0.1, -0.05) is 0 Å². The number of nitrogens with zero attached hydrogens (tertiary/aromatic N) is 8. The zero-order valence-electron chi connectivity index (χ0n) is 24.5. The molecule has 0 amide bonds. The molecule has 2 saturated heterocycles. The maximum absolute atomic E-state index is 13.7. The summed E-state index contributed by atoms with van der Waals surface area (Å²) in [6, 6.07) is 9.98. The Hall–Kier alpha value is -4.91. The number of halogens is 3. The average Bonchev–Trinajstić information content (AvgIpc) is 3.62. The number of Topliss-reactive ketones (excluding diaryl/α,β-unsaturated/α-hetero) is 1. The van der Waals surface area contributed by atoms with Gasteiger partial charge in [-0.05, 0) is 37.1 Å². The van der Waals surface area contributed by atoms with Crippen molar-refractivity contribution in [2.75, 3.05) is 64.2 Å². The summed E-state index contributed by atoms with van der Waals surface area (Å²) >= 11 is 0. The fourth-order valence-electron chi connectivity index (χ4n) is 4.42. The Morgan fingerprint density at radius 2 is 1.35 bits per heavy atom. The van der Waals surface area contributed by atoms with Gasteiger partial charge in [-0.2, -0.15) is 10.5 Å². The Morgan fingerprint density at radius 3 is 1.77 bits per heavy atom. The van der Waals surface area contributed by atoms with Crippen LogP contribution in [0.4, 0.5) is 24.5 Å². The molecule has 0 spiro atoms. The number of carbonyl (C=O) groups is 2. The predicted octanol–water partition coefficient (Wildman–Crippen LogP) is 3.82. The maximum Gasteiger partial charge on any atom is 0.241 e. The van der Waals surface area contributed by atoms with Crippen LogP contribution in [0.15, 0.2) is 48.6 Å². The smallest absolute Gasteiger partial charge is 0.241 e. The molecule has 0 unspecified atom stereocenters. The van der Waals surface area contributed by atoms with Gasteiger partial charge in [0.1, 0.15) is 35.9 Å². The number of rotatable bonds is 8. The molecule has 2 aliphatic rings. The van der Waals surface area contributed by atoms with Gasteiger partial charge in [0, 0.05) is 72.8 Å². The van der Waals surface area contributed by atoms with Crippen LogP contribution in [0.3, 0.4) is 0 Å². The summed E-state index contributed by atoms with van der Waals surface area (Å²) in [6.07, 6.45) is 3.10. The molecule has 43 heavy (non-hydrogen) atoms. The molecule has 2 fully saturated rings. The molecule has 2 aliphatic heterocycles. The van der Waals surface area contributed by atoms with Crippen LogP contribution in [0.25, 0.3) is 0 Å². The number of nitriles is 2. The van der Waals surface area contributed by atoms with Gasteiger partial charge in [-0.25, -0.2) is 23.1 Å². The number of hydrogen-bond donors (Lipinski definition) is 0. The second-order valence-corrected chi connectivity index (χ2v) is 10.4. The molecule has 10 nitrogen and oxygen atoms in total. The topological polar surface area (TPSA) is 120 Å². The Kier molecular flexibility index (Phi) is 11.2. The van der Waals surface area contributed by atoms with Crippen molar-refractivity contribution in [3.05, 3.63) is 71.3 Å². The minimum Gasteiger partial charge on any atom is -0.383 e. The third-order valence-electron chi connectivity index (χ3n) is 6.50. The molecule has 2 aromatic heterocycles. The summed E-state index contributed by atoms with van der Waals surface area (Å²) in [6.45, 7) is 1.51. The monoisotopic (exact) mass is 594 g/mol. The normalized spacial score (nSPS) is 18.1. The second kappa shape index (κ2) is 14.8. The molecular weight excluding hydrogens is 561 g/mol. The molecule has 2 aromatic rings. The van der Waals surface area contributed by atoms with Crippen LogP contribution in [0.1, 0.15) is 45.2 Å². The van der Waals surface area contributed by atoms with Crippen molar-refractivity contribution in [3.63, 3.8) is 0 Å². The lowest BCUT2D eigenvalue weighted by Crippen LogP contribution is -2.22. The largest absolute Gasteiger partial charge is 0.383 e. The van der Waals surface area contributed by atoms with Gasteiger partial charge in [0.2, 0.25) is 11.6 Å². The van der Waals surface area contributed by atoms with Gasteiger partial charge < -0.3 is 19.6 Å². The molecule has 0 aliphatic carbocycles. The minimum absolute atomic E-state index is 0.00222. The first kappa shape index (κ1) is 32.6. The molecule has 0 bridgehead atoms. The molecule has 0 aromatic carbocycles. The summed E-state index contributed by atoms with van der Waals surface area (Å²) in [4.78, 5) is 38.5. The number of pyridine rings is 2. The summed E-state index contributed by atoms with van der Waals surface area (Å²) in [7, 11) is 6.79. The molecule has 4 heterocycles. The predicted molar refractivity (Wildman–Crippen MR) is 156 cm³/mol. The Labute approximate surface area is 248 Å². The van der Waals surface area contributed by atoms with E-state index in [9.17, 15) is 33.3 Å². The van der Waals surface area contributed by atoms with E-state index in [2.05, 4.69) is 9.97 Å². The van der Waals surface area contributed by atoms with Crippen molar-refractivity contribution in [2.45, 2.75) is 25.2 Å². The molecule has 0 radical (unpaired) electrons. The molecule has 0 saturated carbocycles. The number of carbonyl (C=O) groups excluding carboxylic acids is 2. The number of ketones is 2. The van der Waals surface area contributed by atoms with E-state index in [1.54, 1.807) is 47.1 Å². The quantitative estimate of drug-likeness (QED) is 0.330. The molecule has 0 N–H and O–H groups in total. The lowest BCUT2D eigenvalue weighted by molar-refractivity contribution is 0.0995. The van der Waals surface area contributed by atoms with Crippen LogP contribution < -0.4 is 9.80 Å². The van der Waals surface area contributed by atoms with Crippen molar-refractivity contribution in [2.24, 2.45) is 0 Å². The van der Waals surface area contributed by atoms with E-state index in [0.29, 0.717) is 37.3 Å². The Balaban J connectivity index is 0.000000236. The number of anilines is 2. The summed E-state index contributed by atoms with van der Waals surface area (Å²) in [5.41, 5.74) is 1.28. The third kappa shape index (κ3) is 8.79. The van der Waals surface area contributed by atoms with Crippen LogP contribution in [-0.4, -0.2) is 98.0 Å². The molecular formula is C30H33F3N8O2. The van der Waals surface area contributed by atoms with Crippen LogP contribution in [0.5, 0.6) is 0 Å². The van der Waals surface area contributed by atoms with E-state index in [-0.39, 0.29) is 41.6 Å². The second-order valence-electron chi connectivity index (χ2n) is 10.4. The van der Waals surface area contributed by atoms with E-state index in [4.69, 9.17) is 0 Å². The average molecular weight is 595 g/mol. The first-order chi connectivity index (χ1) is 20.4.